The Morgan fingerprint density at radius 1 is 1.31 bits per heavy atom. The molecule has 0 bridgehead atoms. The number of aromatic hydroxyl groups is 1. The van der Waals surface area contributed by atoms with Crippen molar-refractivity contribution >= 4 is 28.5 Å². The number of aromatic nitrogens is 2. The molecule has 9 heteroatoms. The van der Waals surface area contributed by atoms with Crippen LogP contribution in [0, 0.1) is 5.92 Å². The first-order valence-corrected chi connectivity index (χ1v) is 10.5. The van der Waals surface area contributed by atoms with Crippen molar-refractivity contribution in [1.82, 2.24) is 9.13 Å². The molecule has 1 atom stereocenters. The number of carbonyl (C=O) groups is 1. The Labute approximate surface area is 172 Å². The molecule has 0 amide bonds. The molecule has 0 radical (unpaired) electrons. The second-order valence-corrected chi connectivity index (χ2v) is 8.21. The molecule has 0 saturated heterocycles. The zero-order valence-corrected chi connectivity index (χ0v) is 17.8. The molecule has 2 aromatic rings. The van der Waals surface area contributed by atoms with Crippen molar-refractivity contribution in [3.63, 3.8) is 0 Å². The van der Waals surface area contributed by atoms with Gasteiger partial charge in [-0.3, -0.25) is 13.9 Å². The largest absolute Gasteiger partial charge is 0.494 e. The van der Waals surface area contributed by atoms with Gasteiger partial charge in [0, 0.05) is 25.2 Å². The molecule has 3 rings (SSSR count). The minimum absolute atomic E-state index is 0.109. The minimum Gasteiger partial charge on any atom is -0.494 e. The van der Waals surface area contributed by atoms with Crippen molar-refractivity contribution in [2.24, 2.45) is 25.0 Å². The van der Waals surface area contributed by atoms with Crippen molar-refractivity contribution < 1.29 is 14.6 Å². The van der Waals surface area contributed by atoms with Gasteiger partial charge >= 0.3 is 11.7 Å². The molecule has 1 aliphatic carbocycles. The highest BCUT2D eigenvalue weighted by Gasteiger charge is 2.29. The predicted octanol–water partition coefficient (Wildman–Crippen LogP) is 2.29. The normalized spacial score (nSPS) is 16.2. The minimum atomic E-state index is -0.653. The van der Waals surface area contributed by atoms with Gasteiger partial charge in [0.05, 0.1) is 12.2 Å². The molecule has 0 spiro atoms. The first kappa shape index (κ1) is 21.0. The van der Waals surface area contributed by atoms with Crippen LogP contribution in [-0.2, 0) is 31.7 Å². The maximum Gasteiger partial charge on any atom is 0.341 e. The van der Waals surface area contributed by atoms with E-state index in [0.717, 1.165) is 45.3 Å². The quantitative estimate of drug-likeness (QED) is 0.592. The number of aliphatic imine (C=N–C) groups is 1. The number of ether oxygens (including phenoxy) is 1. The standard InChI is InChI=1S/C20H25N3O5S/c1-5-11-7-8-12-14(9-11)29-16(15(12)19(26)28-6-2)21-10-13-17(24)22(3)20(27)23(4)18(13)25/h10-11,24H,5-9H2,1-4H3/t11-/m1/s1. The van der Waals surface area contributed by atoms with E-state index in [9.17, 15) is 19.5 Å². The highest BCUT2D eigenvalue weighted by Crippen LogP contribution is 2.42. The van der Waals surface area contributed by atoms with Gasteiger partial charge < -0.3 is 9.84 Å². The Kier molecular flexibility index (Phi) is 6.07. The zero-order chi connectivity index (χ0) is 21.3. The lowest BCUT2D eigenvalue weighted by atomic mass is 9.86. The average Bonchev–Trinajstić information content (AvgIpc) is 3.08. The van der Waals surface area contributed by atoms with Crippen LogP contribution in [0.15, 0.2) is 14.6 Å². The van der Waals surface area contributed by atoms with Crippen LogP contribution in [-0.4, -0.2) is 33.0 Å². The van der Waals surface area contributed by atoms with E-state index in [4.69, 9.17) is 4.74 Å². The Morgan fingerprint density at radius 3 is 2.69 bits per heavy atom. The second-order valence-electron chi connectivity index (χ2n) is 7.12. The summed E-state index contributed by atoms with van der Waals surface area (Å²) in [6.07, 6.45) is 4.99. The van der Waals surface area contributed by atoms with Crippen molar-refractivity contribution in [1.29, 1.82) is 0 Å². The number of thiophene rings is 1. The van der Waals surface area contributed by atoms with Crippen LogP contribution in [0.4, 0.5) is 5.00 Å². The third kappa shape index (κ3) is 3.78. The zero-order valence-electron chi connectivity index (χ0n) is 17.0. The van der Waals surface area contributed by atoms with Crippen molar-refractivity contribution in [2.45, 2.75) is 39.5 Å². The molecule has 0 fully saturated rings. The lowest BCUT2D eigenvalue weighted by Crippen LogP contribution is -2.38. The molecule has 0 aromatic carbocycles. The topological polar surface area (TPSA) is 103 Å². The molecule has 156 valence electrons. The van der Waals surface area contributed by atoms with Gasteiger partial charge in [-0.25, -0.2) is 14.6 Å². The van der Waals surface area contributed by atoms with E-state index in [-0.39, 0.29) is 12.2 Å². The highest BCUT2D eigenvalue weighted by atomic mass is 32.1. The third-order valence-electron chi connectivity index (χ3n) is 5.38. The summed E-state index contributed by atoms with van der Waals surface area (Å²) in [7, 11) is 2.70. The van der Waals surface area contributed by atoms with Gasteiger partial charge in [0.1, 0.15) is 10.6 Å². The fourth-order valence-corrected chi connectivity index (χ4v) is 4.88. The van der Waals surface area contributed by atoms with Crippen LogP contribution >= 0.6 is 11.3 Å². The van der Waals surface area contributed by atoms with Crippen LogP contribution in [0.1, 0.15) is 53.1 Å². The van der Waals surface area contributed by atoms with E-state index >= 15 is 0 Å². The summed E-state index contributed by atoms with van der Waals surface area (Å²) in [5.41, 5.74) is 0.0253. The fourth-order valence-electron chi connectivity index (χ4n) is 3.59. The number of carbonyl (C=O) groups excluding carboxylic acids is 1. The molecule has 1 aliphatic rings. The fraction of sp³-hybridized carbons (Fsp3) is 0.500. The second kappa shape index (κ2) is 8.36. The lowest BCUT2D eigenvalue weighted by Gasteiger charge is -2.20. The highest BCUT2D eigenvalue weighted by molar-refractivity contribution is 7.16. The van der Waals surface area contributed by atoms with Gasteiger partial charge in [0.15, 0.2) is 0 Å². The third-order valence-corrected chi connectivity index (χ3v) is 6.55. The molecule has 0 unspecified atom stereocenters. The molecule has 2 heterocycles. The van der Waals surface area contributed by atoms with E-state index in [1.807, 2.05) is 0 Å². The van der Waals surface area contributed by atoms with Crippen LogP contribution < -0.4 is 11.2 Å². The van der Waals surface area contributed by atoms with Gasteiger partial charge in [0.2, 0.25) is 5.88 Å². The Bertz CT molecular complexity index is 1090. The number of fused-ring (bicyclic) bond motifs is 1. The number of nitrogens with zero attached hydrogens (tertiary/aromatic N) is 3. The number of rotatable bonds is 5. The summed E-state index contributed by atoms with van der Waals surface area (Å²) in [5.74, 6) is -0.315. The summed E-state index contributed by atoms with van der Waals surface area (Å²) < 4.78 is 7.11. The average molecular weight is 420 g/mol. The van der Waals surface area contributed by atoms with Crippen LogP contribution in [0.2, 0.25) is 0 Å². The van der Waals surface area contributed by atoms with Crippen molar-refractivity contribution in [2.75, 3.05) is 6.61 Å². The summed E-state index contributed by atoms with van der Waals surface area (Å²) in [6.45, 7) is 4.16. The molecule has 8 nitrogen and oxygen atoms in total. The van der Waals surface area contributed by atoms with E-state index in [1.54, 1.807) is 6.92 Å². The number of esters is 1. The maximum absolute atomic E-state index is 12.6. The summed E-state index contributed by atoms with van der Waals surface area (Å²) in [5, 5.41) is 10.7. The Morgan fingerprint density at radius 2 is 2.03 bits per heavy atom. The first-order valence-electron chi connectivity index (χ1n) is 9.64. The lowest BCUT2D eigenvalue weighted by molar-refractivity contribution is 0.0526. The molecule has 29 heavy (non-hydrogen) atoms. The molecular formula is C20H25N3O5S. The SMILES string of the molecule is CCOC(=O)c1c(N=Cc2c(O)n(C)c(=O)n(C)c2=O)sc2c1CC[C@@H](CC)C2. The van der Waals surface area contributed by atoms with E-state index < -0.39 is 23.1 Å². The molecule has 0 aliphatic heterocycles. The Balaban J connectivity index is 2.11. The van der Waals surface area contributed by atoms with Gasteiger partial charge in [0.25, 0.3) is 5.56 Å². The van der Waals surface area contributed by atoms with Gasteiger partial charge in [-0.05, 0) is 37.7 Å². The number of hydrogen-bond donors (Lipinski definition) is 1. The summed E-state index contributed by atoms with van der Waals surface area (Å²) in [4.78, 5) is 42.4. The van der Waals surface area contributed by atoms with Crippen molar-refractivity contribution in [3.8, 4) is 5.88 Å². The van der Waals surface area contributed by atoms with Gasteiger partial charge in [-0.2, -0.15) is 0 Å². The smallest absolute Gasteiger partial charge is 0.341 e. The summed E-state index contributed by atoms with van der Waals surface area (Å²) >= 11 is 1.42. The molecule has 0 saturated carbocycles. The van der Waals surface area contributed by atoms with E-state index in [1.165, 1.54) is 31.6 Å². The number of hydrogen-bond acceptors (Lipinski definition) is 7. The Hall–Kier alpha value is -2.68. The maximum atomic E-state index is 12.6. The molecular weight excluding hydrogens is 394 g/mol. The monoisotopic (exact) mass is 419 g/mol. The summed E-state index contributed by atoms with van der Waals surface area (Å²) in [6, 6.07) is 0. The van der Waals surface area contributed by atoms with E-state index in [2.05, 4.69) is 11.9 Å². The van der Waals surface area contributed by atoms with Gasteiger partial charge in [-0.1, -0.05) is 13.3 Å². The predicted molar refractivity (Wildman–Crippen MR) is 112 cm³/mol. The van der Waals surface area contributed by atoms with Crippen LogP contribution in [0.25, 0.3) is 0 Å². The van der Waals surface area contributed by atoms with Crippen LogP contribution in [0.5, 0.6) is 5.88 Å². The van der Waals surface area contributed by atoms with Crippen LogP contribution in [0.3, 0.4) is 0 Å². The van der Waals surface area contributed by atoms with E-state index in [0.29, 0.717) is 16.5 Å². The molecule has 1 N–H and O–H groups in total. The van der Waals surface area contributed by atoms with Gasteiger partial charge in [-0.15, -0.1) is 11.3 Å². The van der Waals surface area contributed by atoms with Crippen molar-refractivity contribution in [3.05, 3.63) is 42.4 Å². The first-order chi connectivity index (χ1) is 13.8. The molecule has 2 aromatic heterocycles.